The van der Waals surface area contributed by atoms with Gasteiger partial charge in [-0.05, 0) is 34.6 Å². The van der Waals surface area contributed by atoms with E-state index in [4.69, 9.17) is 11.6 Å². The van der Waals surface area contributed by atoms with Crippen LogP contribution in [0.5, 0.6) is 0 Å². The summed E-state index contributed by atoms with van der Waals surface area (Å²) in [6.07, 6.45) is 0.796. The van der Waals surface area contributed by atoms with Gasteiger partial charge >= 0.3 is 0 Å². The molecular weight excluding hydrogens is 280 g/mol. The summed E-state index contributed by atoms with van der Waals surface area (Å²) in [6.45, 7) is 6.73. The number of hydrogen-bond acceptors (Lipinski definition) is 1. The molecule has 2 rings (SSSR count). The zero-order valence-corrected chi connectivity index (χ0v) is 13.7. The minimum atomic E-state index is 0.0409. The Morgan fingerprint density at radius 2 is 1.62 bits per heavy atom. The second kappa shape index (κ2) is 6.64. The van der Waals surface area contributed by atoms with Gasteiger partial charge in [-0.3, -0.25) is 0 Å². The summed E-state index contributed by atoms with van der Waals surface area (Å²) in [5.41, 5.74) is 3.73. The van der Waals surface area contributed by atoms with Gasteiger partial charge in [-0.2, -0.15) is 0 Å². The van der Waals surface area contributed by atoms with Crippen LogP contribution in [0.3, 0.4) is 0 Å². The van der Waals surface area contributed by atoms with Crippen LogP contribution >= 0.6 is 11.6 Å². The lowest BCUT2D eigenvalue weighted by Crippen LogP contribution is -2.12. The predicted molar refractivity (Wildman–Crippen MR) is 90.1 cm³/mol. The summed E-state index contributed by atoms with van der Waals surface area (Å²) >= 11 is 6.24. The van der Waals surface area contributed by atoms with Crippen LogP contribution in [0.15, 0.2) is 48.5 Å². The lowest BCUT2D eigenvalue weighted by molar-refractivity contribution is 0.264. The van der Waals surface area contributed by atoms with Crippen LogP contribution < -0.4 is 0 Å². The number of hydrogen-bond donors (Lipinski definition) is 1. The Hall–Kier alpha value is -1.31. The summed E-state index contributed by atoms with van der Waals surface area (Å²) in [4.78, 5) is 0. The summed E-state index contributed by atoms with van der Waals surface area (Å²) < 4.78 is 0. The largest absolute Gasteiger partial charge is 0.396 e. The van der Waals surface area contributed by atoms with Crippen LogP contribution in [-0.2, 0) is 11.8 Å². The number of aliphatic hydroxyl groups is 1. The monoisotopic (exact) mass is 302 g/mol. The van der Waals surface area contributed by atoms with Gasteiger partial charge in [0.2, 0.25) is 0 Å². The van der Waals surface area contributed by atoms with E-state index in [1.54, 1.807) is 0 Å². The lowest BCUT2D eigenvalue weighted by Gasteiger charge is -2.20. The fourth-order valence-electron chi connectivity index (χ4n) is 2.50. The van der Waals surface area contributed by atoms with Gasteiger partial charge in [0.15, 0.2) is 0 Å². The molecule has 0 aliphatic carbocycles. The number of benzene rings is 2. The molecule has 0 aliphatic rings. The minimum Gasteiger partial charge on any atom is -0.396 e. The molecule has 0 aliphatic heterocycles. The van der Waals surface area contributed by atoms with Crippen molar-refractivity contribution < 1.29 is 5.11 Å². The van der Waals surface area contributed by atoms with Crippen molar-refractivity contribution in [1.29, 1.82) is 0 Å². The molecule has 0 spiro atoms. The minimum absolute atomic E-state index is 0.0409. The van der Waals surface area contributed by atoms with E-state index in [1.165, 1.54) is 11.1 Å². The van der Waals surface area contributed by atoms with Gasteiger partial charge in [0.1, 0.15) is 0 Å². The van der Waals surface area contributed by atoms with E-state index >= 15 is 0 Å². The Kier molecular flexibility index (Phi) is 5.08. The second-order valence-electron chi connectivity index (χ2n) is 6.55. The third-order valence-electron chi connectivity index (χ3n) is 3.87. The Balaban J connectivity index is 2.18. The lowest BCUT2D eigenvalue weighted by atomic mass is 9.85. The molecule has 1 nitrogen and oxygen atoms in total. The maximum atomic E-state index is 9.69. The van der Waals surface area contributed by atoms with Crippen LogP contribution in [0, 0.1) is 0 Å². The summed E-state index contributed by atoms with van der Waals surface area (Å²) in [5.74, 6) is 0.0409. The molecule has 0 saturated carbocycles. The molecule has 0 amide bonds. The van der Waals surface area contributed by atoms with Crippen molar-refractivity contribution in [3.8, 4) is 0 Å². The SMILES string of the molecule is CC(C)(C)c1ccc(CC(CO)c2ccccc2Cl)cc1. The van der Waals surface area contributed by atoms with Crippen LogP contribution in [0.2, 0.25) is 5.02 Å². The van der Waals surface area contributed by atoms with Gasteiger partial charge < -0.3 is 5.11 Å². The number of halogens is 1. The first-order valence-corrected chi connectivity index (χ1v) is 7.74. The molecule has 0 fully saturated rings. The first-order chi connectivity index (χ1) is 9.91. The van der Waals surface area contributed by atoms with Gasteiger partial charge in [-0.15, -0.1) is 0 Å². The summed E-state index contributed by atoms with van der Waals surface area (Å²) in [7, 11) is 0. The van der Waals surface area contributed by atoms with Crippen molar-refractivity contribution in [2.75, 3.05) is 6.61 Å². The average molecular weight is 303 g/mol. The first kappa shape index (κ1) is 16.1. The highest BCUT2D eigenvalue weighted by Gasteiger charge is 2.16. The van der Waals surface area contributed by atoms with Crippen molar-refractivity contribution in [3.05, 3.63) is 70.2 Å². The fraction of sp³-hybridized carbons (Fsp3) is 0.368. The van der Waals surface area contributed by atoms with E-state index in [9.17, 15) is 5.11 Å². The first-order valence-electron chi connectivity index (χ1n) is 7.36. The molecule has 0 saturated heterocycles. The maximum absolute atomic E-state index is 9.69. The average Bonchev–Trinajstić information content (AvgIpc) is 2.45. The van der Waals surface area contributed by atoms with E-state index in [0.717, 1.165) is 17.0 Å². The van der Waals surface area contributed by atoms with Crippen molar-refractivity contribution in [2.24, 2.45) is 0 Å². The quantitative estimate of drug-likeness (QED) is 0.846. The number of aliphatic hydroxyl groups excluding tert-OH is 1. The number of rotatable bonds is 4. The van der Waals surface area contributed by atoms with Crippen LogP contribution in [0.4, 0.5) is 0 Å². The molecule has 21 heavy (non-hydrogen) atoms. The third-order valence-corrected chi connectivity index (χ3v) is 4.21. The van der Waals surface area contributed by atoms with Gasteiger partial charge in [0.05, 0.1) is 6.61 Å². The molecule has 0 bridgehead atoms. The Bertz CT molecular complexity index is 581. The van der Waals surface area contributed by atoms with Crippen molar-refractivity contribution in [2.45, 2.75) is 38.5 Å². The van der Waals surface area contributed by atoms with Crippen molar-refractivity contribution >= 4 is 11.6 Å². The molecule has 1 unspecified atom stereocenters. The highest BCUT2D eigenvalue weighted by atomic mass is 35.5. The van der Waals surface area contributed by atoms with E-state index in [2.05, 4.69) is 45.0 Å². The fourth-order valence-corrected chi connectivity index (χ4v) is 2.79. The van der Waals surface area contributed by atoms with E-state index in [-0.39, 0.29) is 17.9 Å². The van der Waals surface area contributed by atoms with E-state index in [0.29, 0.717) is 0 Å². The highest BCUT2D eigenvalue weighted by molar-refractivity contribution is 6.31. The Morgan fingerprint density at radius 1 is 1.00 bits per heavy atom. The third kappa shape index (κ3) is 4.09. The second-order valence-corrected chi connectivity index (χ2v) is 6.96. The molecule has 0 aromatic heterocycles. The van der Waals surface area contributed by atoms with Gasteiger partial charge in [0, 0.05) is 10.9 Å². The van der Waals surface area contributed by atoms with Crippen molar-refractivity contribution in [1.82, 2.24) is 0 Å². The molecule has 2 aromatic rings. The predicted octanol–water partition coefficient (Wildman–Crippen LogP) is 4.96. The highest BCUT2D eigenvalue weighted by Crippen LogP contribution is 2.28. The van der Waals surface area contributed by atoms with Crippen molar-refractivity contribution in [3.63, 3.8) is 0 Å². The molecule has 112 valence electrons. The molecule has 0 radical (unpaired) electrons. The maximum Gasteiger partial charge on any atom is 0.0503 e. The van der Waals surface area contributed by atoms with E-state index in [1.807, 2.05) is 24.3 Å². The van der Waals surface area contributed by atoms with Gasteiger partial charge in [-0.25, -0.2) is 0 Å². The topological polar surface area (TPSA) is 20.2 Å². The molecule has 0 heterocycles. The van der Waals surface area contributed by atoms with Crippen LogP contribution in [0.25, 0.3) is 0 Å². The molecule has 2 aromatic carbocycles. The zero-order chi connectivity index (χ0) is 15.5. The smallest absolute Gasteiger partial charge is 0.0503 e. The summed E-state index contributed by atoms with van der Waals surface area (Å²) in [5, 5.41) is 10.4. The Labute approximate surface area is 132 Å². The zero-order valence-electron chi connectivity index (χ0n) is 12.9. The van der Waals surface area contributed by atoms with Crippen LogP contribution in [-0.4, -0.2) is 11.7 Å². The van der Waals surface area contributed by atoms with Gasteiger partial charge in [-0.1, -0.05) is 74.8 Å². The molecule has 1 N–H and O–H groups in total. The molecule has 1 atom stereocenters. The van der Waals surface area contributed by atoms with Gasteiger partial charge in [0.25, 0.3) is 0 Å². The standard InChI is InChI=1S/C19H23ClO/c1-19(2,3)16-10-8-14(9-11-16)12-15(13-21)17-6-4-5-7-18(17)20/h4-11,15,21H,12-13H2,1-3H3. The van der Waals surface area contributed by atoms with E-state index < -0.39 is 0 Å². The normalized spacial score (nSPS) is 13.2. The molecular formula is C19H23ClO. The van der Waals surface area contributed by atoms with Crippen LogP contribution in [0.1, 0.15) is 43.4 Å². The Morgan fingerprint density at radius 3 is 2.14 bits per heavy atom. The molecule has 2 heteroatoms. The summed E-state index contributed by atoms with van der Waals surface area (Å²) in [6, 6.07) is 16.4.